The number of amides is 1. The molecule has 1 amide bonds. The lowest BCUT2D eigenvalue weighted by Gasteiger charge is -2.09. The van der Waals surface area contributed by atoms with E-state index in [1.54, 1.807) is 12.1 Å². The van der Waals surface area contributed by atoms with E-state index in [2.05, 4.69) is 17.6 Å². The van der Waals surface area contributed by atoms with E-state index in [4.69, 9.17) is 5.11 Å². The van der Waals surface area contributed by atoms with Crippen molar-refractivity contribution in [3.63, 3.8) is 0 Å². The number of rotatable bonds is 6. The van der Waals surface area contributed by atoms with Crippen molar-refractivity contribution in [3.8, 4) is 0 Å². The van der Waals surface area contributed by atoms with Crippen molar-refractivity contribution in [1.82, 2.24) is 0 Å². The number of carbonyl (C=O) groups is 2. The lowest BCUT2D eigenvalue weighted by atomic mass is 10.1. The number of nitrogens with one attached hydrogen (secondary N) is 2. The third-order valence-corrected chi connectivity index (χ3v) is 3.21. The quantitative estimate of drug-likeness (QED) is 0.766. The van der Waals surface area contributed by atoms with Crippen molar-refractivity contribution >= 4 is 23.3 Å². The standard InChI is InChI=1S/C17H18N2O3/c1-2-12-6-8-14(9-7-12)19-16(20)11-18-15-5-3-4-13(10-15)17(21)22/h3-10,18H,2,11H2,1H3,(H,19,20)(H,21,22). The number of benzene rings is 2. The van der Waals surface area contributed by atoms with Crippen molar-refractivity contribution in [1.29, 1.82) is 0 Å². The molecule has 2 aromatic carbocycles. The molecule has 2 rings (SSSR count). The van der Waals surface area contributed by atoms with Crippen LogP contribution in [0.1, 0.15) is 22.8 Å². The fourth-order valence-electron chi connectivity index (χ4n) is 1.97. The maximum absolute atomic E-state index is 11.9. The van der Waals surface area contributed by atoms with E-state index in [9.17, 15) is 9.59 Å². The van der Waals surface area contributed by atoms with E-state index in [1.165, 1.54) is 17.7 Å². The van der Waals surface area contributed by atoms with E-state index >= 15 is 0 Å². The minimum absolute atomic E-state index is 0.0681. The highest BCUT2D eigenvalue weighted by Gasteiger charge is 2.05. The second-order valence-corrected chi connectivity index (χ2v) is 4.84. The molecule has 0 heterocycles. The summed E-state index contributed by atoms with van der Waals surface area (Å²) in [4.78, 5) is 22.7. The van der Waals surface area contributed by atoms with Gasteiger partial charge >= 0.3 is 5.97 Å². The molecule has 0 unspecified atom stereocenters. The number of aryl methyl sites for hydroxylation is 1. The minimum atomic E-state index is -0.996. The fourth-order valence-corrected chi connectivity index (χ4v) is 1.97. The molecule has 5 nitrogen and oxygen atoms in total. The Morgan fingerprint density at radius 3 is 2.41 bits per heavy atom. The Morgan fingerprint density at radius 2 is 1.77 bits per heavy atom. The number of hydrogen-bond acceptors (Lipinski definition) is 3. The van der Waals surface area contributed by atoms with Crippen molar-refractivity contribution in [2.24, 2.45) is 0 Å². The van der Waals surface area contributed by atoms with Gasteiger partial charge in [-0.1, -0.05) is 25.1 Å². The first kappa shape index (κ1) is 15.6. The summed E-state index contributed by atoms with van der Waals surface area (Å²) < 4.78 is 0. The number of carboxylic acids is 1. The summed E-state index contributed by atoms with van der Waals surface area (Å²) >= 11 is 0. The molecule has 0 saturated carbocycles. The Morgan fingerprint density at radius 1 is 1.05 bits per heavy atom. The molecule has 0 radical (unpaired) electrons. The summed E-state index contributed by atoms with van der Waals surface area (Å²) in [6, 6.07) is 14.0. The topological polar surface area (TPSA) is 78.4 Å². The van der Waals surface area contributed by atoms with Crippen molar-refractivity contribution in [3.05, 3.63) is 59.7 Å². The van der Waals surface area contributed by atoms with Crippen LogP contribution in [0.2, 0.25) is 0 Å². The summed E-state index contributed by atoms with van der Waals surface area (Å²) in [6.45, 7) is 2.14. The van der Waals surface area contributed by atoms with Crippen LogP contribution >= 0.6 is 0 Å². The summed E-state index contributed by atoms with van der Waals surface area (Å²) in [6.07, 6.45) is 0.954. The average Bonchev–Trinajstić information content (AvgIpc) is 2.54. The van der Waals surface area contributed by atoms with Crippen LogP contribution in [-0.2, 0) is 11.2 Å². The first-order valence-corrected chi connectivity index (χ1v) is 7.04. The number of carboxylic acid groups (broad SMARTS) is 1. The van der Waals surface area contributed by atoms with Gasteiger partial charge in [0.25, 0.3) is 0 Å². The Balaban J connectivity index is 1.89. The van der Waals surface area contributed by atoms with Gasteiger partial charge in [-0.2, -0.15) is 0 Å². The molecule has 5 heteroatoms. The van der Waals surface area contributed by atoms with Gasteiger partial charge in [-0.25, -0.2) is 4.79 Å². The zero-order valence-corrected chi connectivity index (χ0v) is 12.3. The van der Waals surface area contributed by atoms with E-state index < -0.39 is 5.97 Å². The molecule has 3 N–H and O–H groups in total. The molecule has 0 aliphatic heterocycles. The maximum atomic E-state index is 11.9. The largest absolute Gasteiger partial charge is 0.478 e. The third kappa shape index (κ3) is 4.34. The number of aromatic carboxylic acids is 1. The van der Waals surface area contributed by atoms with Crippen LogP contribution in [0.15, 0.2) is 48.5 Å². The zero-order valence-electron chi connectivity index (χ0n) is 12.3. The number of hydrogen-bond donors (Lipinski definition) is 3. The van der Waals surface area contributed by atoms with Crippen LogP contribution in [0.4, 0.5) is 11.4 Å². The van der Waals surface area contributed by atoms with Gasteiger partial charge in [0.05, 0.1) is 12.1 Å². The molecule has 0 aliphatic rings. The third-order valence-electron chi connectivity index (χ3n) is 3.21. The summed E-state index contributed by atoms with van der Waals surface area (Å²) in [5.41, 5.74) is 2.72. The molecule has 2 aromatic rings. The monoisotopic (exact) mass is 298 g/mol. The number of anilines is 2. The van der Waals surface area contributed by atoms with Crippen LogP contribution in [0.3, 0.4) is 0 Å². The van der Waals surface area contributed by atoms with Crippen molar-refractivity contribution < 1.29 is 14.7 Å². The normalized spacial score (nSPS) is 10.0. The van der Waals surface area contributed by atoms with Gasteiger partial charge < -0.3 is 15.7 Å². The predicted octanol–water partition coefficient (Wildman–Crippen LogP) is 3.00. The summed E-state index contributed by atoms with van der Waals surface area (Å²) in [5, 5.41) is 14.6. The lowest BCUT2D eigenvalue weighted by Crippen LogP contribution is -2.21. The summed E-state index contributed by atoms with van der Waals surface area (Å²) in [5.74, 6) is -1.19. The van der Waals surface area contributed by atoms with E-state index in [-0.39, 0.29) is 18.0 Å². The van der Waals surface area contributed by atoms with E-state index in [0.717, 1.165) is 12.1 Å². The molecule has 0 aromatic heterocycles. The fraction of sp³-hybridized carbons (Fsp3) is 0.176. The molecule has 0 saturated heterocycles. The zero-order chi connectivity index (χ0) is 15.9. The van der Waals surface area contributed by atoms with E-state index in [1.807, 2.05) is 24.3 Å². The van der Waals surface area contributed by atoms with Crippen LogP contribution in [0.5, 0.6) is 0 Å². The van der Waals surface area contributed by atoms with Gasteiger partial charge in [-0.15, -0.1) is 0 Å². The number of carbonyl (C=O) groups excluding carboxylic acids is 1. The first-order chi connectivity index (χ1) is 10.6. The van der Waals surface area contributed by atoms with Crippen LogP contribution in [0, 0.1) is 0 Å². The highest BCUT2D eigenvalue weighted by atomic mass is 16.4. The van der Waals surface area contributed by atoms with Gasteiger partial charge in [0.1, 0.15) is 0 Å². The Hall–Kier alpha value is -2.82. The highest BCUT2D eigenvalue weighted by molar-refractivity contribution is 5.94. The Bertz CT molecular complexity index is 666. The van der Waals surface area contributed by atoms with Crippen molar-refractivity contribution in [2.45, 2.75) is 13.3 Å². The van der Waals surface area contributed by atoms with Gasteiger partial charge in [-0.05, 0) is 42.3 Å². The molecule has 0 atom stereocenters. The van der Waals surface area contributed by atoms with Gasteiger partial charge in [0, 0.05) is 11.4 Å². The van der Waals surface area contributed by atoms with Gasteiger partial charge in [-0.3, -0.25) is 4.79 Å². The van der Waals surface area contributed by atoms with Crippen LogP contribution in [-0.4, -0.2) is 23.5 Å². The average molecular weight is 298 g/mol. The molecule has 114 valence electrons. The molecule has 0 fully saturated rings. The summed E-state index contributed by atoms with van der Waals surface area (Å²) in [7, 11) is 0. The maximum Gasteiger partial charge on any atom is 0.335 e. The molecular weight excluding hydrogens is 280 g/mol. The predicted molar refractivity (Wildman–Crippen MR) is 86.3 cm³/mol. The van der Waals surface area contributed by atoms with Gasteiger partial charge in [0.2, 0.25) is 5.91 Å². The van der Waals surface area contributed by atoms with Crippen LogP contribution < -0.4 is 10.6 Å². The van der Waals surface area contributed by atoms with Crippen molar-refractivity contribution in [2.75, 3.05) is 17.2 Å². The molecule has 0 aliphatic carbocycles. The molecule has 0 spiro atoms. The molecule has 0 bridgehead atoms. The first-order valence-electron chi connectivity index (χ1n) is 7.04. The second kappa shape index (κ2) is 7.26. The molecule has 22 heavy (non-hydrogen) atoms. The Labute approximate surface area is 129 Å². The highest BCUT2D eigenvalue weighted by Crippen LogP contribution is 2.12. The van der Waals surface area contributed by atoms with Gasteiger partial charge in [0.15, 0.2) is 0 Å². The minimum Gasteiger partial charge on any atom is -0.478 e. The molecular formula is C17H18N2O3. The second-order valence-electron chi connectivity index (χ2n) is 4.84. The smallest absolute Gasteiger partial charge is 0.335 e. The van der Waals surface area contributed by atoms with E-state index in [0.29, 0.717) is 5.69 Å². The lowest BCUT2D eigenvalue weighted by molar-refractivity contribution is -0.114. The van der Waals surface area contributed by atoms with Crippen LogP contribution in [0.25, 0.3) is 0 Å². The SMILES string of the molecule is CCc1ccc(NC(=O)CNc2cccc(C(=O)O)c2)cc1. The Kier molecular flexibility index (Phi) is 5.14.